The summed E-state index contributed by atoms with van der Waals surface area (Å²) in [5.74, 6) is -1.01. The number of thiophene rings is 1. The number of hydrogen-bond acceptors (Lipinski definition) is 7. The molecule has 8 nitrogen and oxygen atoms in total. The maximum Gasteiger partial charge on any atom is 0.274 e. The lowest BCUT2D eigenvalue weighted by molar-refractivity contribution is -0.185. The quantitative estimate of drug-likeness (QED) is 0.320. The molecule has 2 fully saturated rings. The summed E-state index contributed by atoms with van der Waals surface area (Å²) in [5, 5.41) is 9.42. The lowest BCUT2D eigenvalue weighted by Crippen LogP contribution is -2.44. The van der Waals surface area contributed by atoms with Crippen LogP contribution in [0.1, 0.15) is 61.4 Å². The normalized spacial score (nSPS) is 17.1. The number of carbonyl (C=O) groups is 2. The lowest BCUT2D eigenvalue weighted by atomic mass is 10.0. The van der Waals surface area contributed by atoms with Crippen LogP contribution >= 0.6 is 11.3 Å². The molecule has 3 heterocycles. The number of hydrogen-bond donors (Lipinski definition) is 2. The minimum Gasteiger partial charge on any atom is -0.347 e. The number of aryl methyl sites for hydroxylation is 3. The zero-order valence-electron chi connectivity index (χ0n) is 22.6. The van der Waals surface area contributed by atoms with Crippen LogP contribution in [-0.2, 0) is 16.0 Å². The van der Waals surface area contributed by atoms with E-state index in [4.69, 9.17) is 9.47 Å². The number of likely N-dealkylation sites (tertiary alicyclic amines) is 1. The number of amides is 2. The molecule has 2 saturated heterocycles. The van der Waals surface area contributed by atoms with Crippen LogP contribution < -0.4 is 10.7 Å². The molecule has 0 atom stereocenters. The monoisotopic (exact) mass is 546 g/mol. The van der Waals surface area contributed by atoms with Gasteiger partial charge >= 0.3 is 0 Å². The third kappa shape index (κ3) is 6.45. The lowest BCUT2D eigenvalue weighted by Gasteiger charge is -2.37. The highest BCUT2D eigenvalue weighted by atomic mass is 32.1. The SMILES string of the molecule is Cc1ccc(C=NNC(=O)c2c(C)csc2NC(=O)c2cccc(CN3CCC4(CC3)OCCO4)c2)cc1C. The van der Waals surface area contributed by atoms with E-state index in [1.807, 2.05) is 62.5 Å². The van der Waals surface area contributed by atoms with Crippen LogP contribution in [0.15, 0.2) is 52.9 Å². The number of benzene rings is 2. The molecular weight excluding hydrogens is 512 g/mol. The topological polar surface area (TPSA) is 92.3 Å². The highest BCUT2D eigenvalue weighted by molar-refractivity contribution is 7.15. The van der Waals surface area contributed by atoms with Gasteiger partial charge in [0.25, 0.3) is 11.8 Å². The molecule has 2 aromatic carbocycles. The van der Waals surface area contributed by atoms with E-state index in [9.17, 15) is 9.59 Å². The molecule has 204 valence electrons. The van der Waals surface area contributed by atoms with Gasteiger partial charge in [0.05, 0.1) is 25.0 Å². The highest BCUT2D eigenvalue weighted by Crippen LogP contribution is 2.32. The zero-order valence-corrected chi connectivity index (χ0v) is 23.4. The van der Waals surface area contributed by atoms with E-state index < -0.39 is 5.79 Å². The standard InChI is InChI=1S/C30H34N4O4S/c1-20-7-8-23(15-21(20)2)17-31-33-28(36)26-22(3)19-39-29(26)32-27(35)25-6-4-5-24(16-25)18-34-11-9-30(10-12-34)37-13-14-38-30/h4-8,15-17,19H,9-14,18H2,1-3H3,(H,32,35)(H,33,36). The maximum absolute atomic E-state index is 13.2. The average molecular weight is 547 g/mol. The molecule has 1 spiro atoms. The third-order valence-electron chi connectivity index (χ3n) is 7.37. The average Bonchev–Trinajstić information content (AvgIpc) is 3.54. The molecule has 0 radical (unpaired) electrons. The molecule has 0 aliphatic carbocycles. The fraction of sp³-hybridized carbons (Fsp3) is 0.367. The minimum atomic E-state index is -0.397. The van der Waals surface area contributed by atoms with Crippen LogP contribution in [0.5, 0.6) is 0 Å². The highest BCUT2D eigenvalue weighted by Gasteiger charge is 2.39. The summed E-state index contributed by atoms with van der Waals surface area (Å²) in [6.45, 7) is 9.79. The van der Waals surface area contributed by atoms with E-state index in [-0.39, 0.29) is 11.8 Å². The van der Waals surface area contributed by atoms with Crippen molar-refractivity contribution in [3.05, 3.63) is 86.8 Å². The second-order valence-electron chi connectivity index (χ2n) is 10.2. The molecule has 2 aliphatic rings. The van der Waals surface area contributed by atoms with Crippen LogP contribution in [0.3, 0.4) is 0 Å². The number of anilines is 1. The number of hydrazone groups is 1. The van der Waals surface area contributed by atoms with Gasteiger partial charge in [-0.15, -0.1) is 11.3 Å². The van der Waals surface area contributed by atoms with Gasteiger partial charge in [-0.25, -0.2) is 5.43 Å². The van der Waals surface area contributed by atoms with Crippen molar-refractivity contribution < 1.29 is 19.1 Å². The summed E-state index contributed by atoms with van der Waals surface area (Å²) in [4.78, 5) is 28.5. The third-order valence-corrected chi connectivity index (χ3v) is 8.38. The van der Waals surface area contributed by atoms with Gasteiger partial charge in [0.15, 0.2) is 5.79 Å². The molecular formula is C30H34N4O4S. The number of nitrogens with one attached hydrogen (secondary N) is 2. The van der Waals surface area contributed by atoms with Gasteiger partial charge in [0, 0.05) is 38.0 Å². The Morgan fingerprint density at radius 2 is 1.77 bits per heavy atom. The van der Waals surface area contributed by atoms with Crippen molar-refractivity contribution in [2.24, 2.45) is 5.10 Å². The number of nitrogens with zero attached hydrogens (tertiary/aromatic N) is 2. The molecule has 5 rings (SSSR count). The molecule has 0 unspecified atom stereocenters. The molecule has 3 aromatic rings. The van der Waals surface area contributed by atoms with Crippen molar-refractivity contribution in [1.82, 2.24) is 10.3 Å². The second-order valence-corrected chi connectivity index (χ2v) is 11.1. The molecule has 1 aromatic heterocycles. The number of rotatable bonds is 7. The summed E-state index contributed by atoms with van der Waals surface area (Å²) in [7, 11) is 0. The van der Waals surface area contributed by atoms with Gasteiger partial charge in [-0.2, -0.15) is 5.10 Å². The molecule has 39 heavy (non-hydrogen) atoms. The van der Waals surface area contributed by atoms with Crippen molar-refractivity contribution in [3.63, 3.8) is 0 Å². The van der Waals surface area contributed by atoms with Gasteiger partial charge < -0.3 is 14.8 Å². The first kappa shape index (κ1) is 27.2. The Labute approximate surface area is 233 Å². The number of piperidine rings is 1. The van der Waals surface area contributed by atoms with Gasteiger partial charge in [-0.3, -0.25) is 14.5 Å². The van der Waals surface area contributed by atoms with E-state index >= 15 is 0 Å². The molecule has 0 bridgehead atoms. The van der Waals surface area contributed by atoms with Crippen LogP contribution in [0.2, 0.25) is 0 Å². The molecule has 2 aliphatic heterocycles. The van der Waals surface area contributed by atoms with Crippen molar-refractivity contribution in [3.8, 4) is 0 Å². The first-order valence-electron chi connectivity index (χ1n) is 13.2. The Morgan fingerprint density at radius 3 is 2.51 bits per heavy atom. The summed E-state index contributed by atoms with van der Waals surface area (Å²) >= 11 is 1.33. The summed E-state index contributed by atoms with van der Waals surface area (Å²) in [6, 6.07) is 13.6. The predicted molar refractivity (Wildman–Crippen MR) is 154 cm³/mol. The largest absolute Gasteiger partial charge is 0.347 e. The van der Waals surface area contributed by atoms with Gasteiger partial charge in [0.2, 0.25) is 0 Å². The van der Waals surface area contributed by atoms with Crippen molar-refractivity contribution in [2.75, 3.05) is 31.6 Å². The molecule has 2 N–H and O–H groups in total. The Morgan fingerprint density at radius 1 is 1.00 bits per heavy atom. The van der Waals surface area contributed by atoms with Crippen molar-refractivity contribution >= 4 is 34.4 Å². The van der Waals surface area contributed by atoms with E-state index in [1.54, 1.807) is 12.3 Å². The molecule has 0 saturated carbocycles. The first-order valence-corrected chi connectivity index (χ1v) is 14.1. The van der Waals surface area contributed by atoms with Crippen molar-refractivity contribution in [1.29, 1.82) is 0 Å². The van der Waals surface area contributed by atoms with E-state index in [1.165, 1.54) is 16.9 Å². The Balaban J connectivity index is 1.20. The summed E-state index contributed by atoms with van der Waals surface area (Å²) in [6.07, 6.45) is 3.32. The van der Waals surface area contributed by atoms with Gasteiger partial charge in [-0.05, 0) is 66.1 Å². The summed E-state index contributed by atoms with van der Waals surface area (Å²) < 4.78 is 11.7. The number of carbonyl (C=O) groups excluding carboxylic acids is 2. The van der Waals surface area contributed by atoms with Gasteiger partial charge in [-0.1, -0.05) is 30.3 Å². The second kappa shape index (κ2) is 11.8. The summed E-state index contributed by atoms with van der Waals surface area (Å²) in [5.41, 5.74) is 8.66. The van der Waals surface area contributed by atoms with Crippen LogP contribution in [0.4, 0.5) is 5.00 Å². The van der Waals surface area contributed by atoms with Gasteiger partial charge in [0.1, 0.15) is 5.00 Å². The zero-order chi connectivity index (χ0) is 27.4. The van der Waals surface area contributed by atoms with E-state index in [0.29, 0.717) is 29.3 Å². The first-order chi connectivity index (χ1) is 18.8. The number of ether oxygens (including phenoxy) is 2. The van der Waals surface area contributed by atoms with Crippen molar-refractivity contribution in [2.45, 2.75) is 45.9 Å². The molecule has 2 amide bonds. The van der Waals surface area contributed by atoms with E-state index in [2.05, 4.69) is 20.7 Å². The fourth-order valence-electron chi connectivity index (χ4n) is 4.97. The van der Waals surface area contributed by atoms with Crippen LogP contribution in [0.25, 0.3) is 0 Å². The maximum atomic E-state index is 13.2. The minimum absolute atomic E-state index is 0.253. The smallest absolute Gasteiger partial charge is 0.274 e. The van der Waals surface area contributed by atoms with Crippen LogP contribution in [-0.4, -0.2) is 55.0 Å². The molecule has 9 heteroatoms. The van der Waals surface area contributed by atoms with Crippen LogP contribution in [0, 0.1) is 20.8 Å². The van der Waals surface area contributed by atoms with E-state index in [0.717, 1.165) is 54.7 Å². The Bertz CT molecular complexity index is 1380. The predicted octanol–water partition coefficient (Wildman–Crippen LogP) is 5.03. The fourth-order valence-corrected chi connectivity index (χ4v) is 5.90. The Hall–Kier alpha value is -3.37. The Kier molecular flexibility index (Phi) is 8.23.